The highest BCUT2D eigenvalue weighted by Crippen LogP contribution is 2.27. The van der Waals surface area contributed by atoms with Gasteiger partial charge >= 0.3 is 0 Å². The van der Waals surface area contributed by atoms with Crippen LogP contribution in [0.25, 0.3) is 0 Å². The van der Waals surface area contributed by atoms with Crippen LogP contribution in [0, 0.1) is 0 Å². The van der Waals surface area contributed by atoms with Crippen LogP contribution in [0.1, 0.15) is 40.1 Å². The third-order valence-electron chi connectivity index (χ3n) is 4.00. The van der Waals surface area contributed by atoms with Crippen molar-refractivity contribution in [3.8, 4) is 0 Å². The second-order valence-corrected chi connectivity index (χ2v) is 5.64. The summed E-state index contributed by atoms with van der Waals surface area (Å²) in [5.41, 5.74) is 15.2. The summed E-state index contributed by atoms with van der Waals surface area (Å²) in [5.74, 6) is 0.339. The van der Waals surface area contributed by atoms with Gasteiger partial charge in [-0.2, -0.15) is 0 Å². The summed E-state index contributed by atoms with van der Waals surface area (Å²) in [7, 11) is 0. The van der Waals surface area contributed by atoms with E-state index in [1.54, 1.807) is 6.07 Å². The van der Waals surface area contributed by atoms with Gasteiger partial charge < -0.3 is 21.2 Å². The predicted molar refractivity (Wildman–Crippen MR) is 105 cm³/mol. The fourth-order valence-electron chi connectivity index (χ4n) is 2.83. The van der Waals surface area contributed by atoms with Gasteiger partial charge in [0.25, 0.3) is 5.91 Å². The van der Waals surface area contributed by atoms with Crippen LogP contribution in [0.2, 0.25) is 0 Å². The van der Waals surface area contributed by atoms with Crippen LogP contribution >= 0.6 is 24.0 Å². The number of carbonyl (C=O) groups is 1. The highest BCUT2D eigenvalue weighted by atomic mass is 127. The number of guanidine groups is 1. The van der Waals surface area contributed by atoms with Crippen LogP contribution in [-0.4, -0.2) is 11.9 Å². The van der Waals surface area contributed by atoms with Crippen LogP contribution in [-0.2, 0) is 19.4 Å². The van der Waals surface area contributed by atoms with Crippen LogP contribution in [0.15, 0.2) is 39.9 Å². The van der Waals surface area contributed by atoms with Gasteiger partial charge in [-0.1, -0.05) is 12.1 Å². The van der Waals surface area contributed by atoms with Gasteiger partial charge in [0.15, 0.2) is 5.96 Å². The van der Waals surface area contributed by atoms with E-state index >= 15 is 0 Å². The van der Waals surface area contributed by atoms with Gasteiger partial charge in [0.1, 0.15) is 18.6 Å². The summed E-state index contributed by atoms with van der Waals surface area (Å²) >= 11 is 0. The van der Waals surface area contributed by atoms with Gasteiger partial charge in [-0.15, -0.1) is 24.0 Å². The van der Waals surface area contributed by atoms with E-state index in [2.05, 4.69) is 16.4 Å². The first kappa shape index (κ1) is 18.3. The number of aryl methyl sites for hydroxylation is 1. The first-order chi connectivity index (χ1) is 11.1. The number of furan rings is 1. The Morgan fingerprint density at radius 3 is 2.79 bits per heavy atom. The van der Waals surface area contributed by atoms with E-state index in [0.29, 0.717) is 17.3 Å². The van der Waals surface area contributed by atoms with Crippen molar-refractivity contribution in [2.75, 3.05) is 5.32 Å². The van der Waals surface area contributed by atoms with Crippen LogP contribution < -0.4 is 16.8 Å². The second kappa shape index (κ2) is 8.18. The zero-order chi connectivity index (χ0) is 16.2. The molecule has 0 saturated carbocycles. The summed E-state index contributed by atoms with van der Waals surface area (Å²) in [6.45, 7) is 0.251. The lowest BCUT2D eigenvalue weighted by atomic mass is 9.90. The van der Waals surface area contributed by atoms with Crippen molar-refractivity contribution in [3.05, 3.63) is 53.0 Å². The average Bonchev–Trinajstić information content (AvgIpc) is 3.03. The third-order valence-corrected chi connectivity index (χ3v) is 4.00. The SMILES string of the molecule is I.NC(=O)c1coc(CN=C(N)Nc2cccc3c2CCCC3)c1. The number of nitrogens with zero attached hydrogens (tertiary/aromatic N) is 1. The number of nitrogens with two attached hydrogens (primary N) is 2. The van der Waals surface area contributed by atoms with Gasteiger partial charge in [0.2, 0.25) is 0 Å². The molecule has 0 fully saturated rings. The Morgan fingerprint density at radius 2 is 2.04 bits per heavy atom. The van der Waals surface area contributed by atoms with Crippen molar-refractivity contribution in [1.82, 2.24) is 0 Å². The number of primary amides is 1. The number of hydrogen-bond acceptors (Lipinski definition) is 3. The molecule has 7 heteroatoms. The molecule has 0 spiro atoms. The maximum atomic E-state index is 11.0. The zero-order valence-electron chi connectivity index (χ0n) is 13.2. The molecule has 6 nitrogen and oxygen atoms in total. The highest BCUT2D eigenvalue weighted by molar-refractivity contribution is 14.0. The Bertz CT molecular complexity index is 755. The molecular formula is C17H21IN4O2. The molecule has 0 radical (unpaired) electrons. The standard InChI is InChI=1S/C17H20N4O2.HI/c18-16(22)12-8-13(23-10-12)9-20-17(19)21-15-7-3-5-11-4-1-2-6-14(11)15;/h3,5,7-8,10H,1-2,4,6,9H2,(H2,18,22)(H3,19,20,21);1H. The number of aliphatic imine (C=N–C) groups is 1. The molecule has 128 valence electrons. The molecule has 0 aliphatic heterocycles. The number of carbonyl (C=O) groups excluding carboxylic acids is 1. The minimum atomic E-state index is -0.522. The summed E-state index contributed by atoms with van der Waals surface area (Å²) in [6.07, 6.45) is 5.94. The minimum absolute atomic E-state index is 0. The molecular weight excluding hydrogens is 419 g/mol. The molecule has 2 aromatic rings. The molecule has 1 aliphatic carbocycles. The van der Waals surface area contributed by atoms with E-state index in [-0.39, 0.29) is 30.5 Å². The van der Waals surface area contributed by atoms with Crippen molar-refractivity contribution >= 4 is 41.5 Å². The number of nitrogens with one attached hydrogen (secondary N) is 1. The first-order valence-electron chi connectivity index (χ1n) is 7.68. The van der Waals surface area contributed by atoms with Crippen molar-refractivity contribution in [2.45, 2.75) is 32.2 Å². The molecule has 1 heterocycles. The maximum Gasteiger partial charge on any atom is 0.251 e. The Hall–Kier alpha value is -2.03. The number of amides is 1. The lowest BCUT2D eigenvalue weighted by Crippen LogP contribution is -2.24. The molecule has 0 atom stereocenters. The molecule has 5 N–H and O–H groups in total. The Morgan fingerprint density at radius 1 is 1.25 bits per heavy atom. The van der Waals surface area contributed by atoms with Crippen LogP contribution in [0.3, 0.4) is 0 Å². The monoisotopic (exact) mass is 440 g/mol. The van der Waals surface area contributed by atoms with Gasteiger partial charge in [-0.25, -0.2) is 4.99 Å². The number of fused-ring (bicyclic) bond motifs is 1. The summed E-state index contributed by atoms with van der Waals surface area (Å²) in [6, 6.07) is 7.79. The van der Waals surface area contributed by atoms with E-state index in [1.807, 2.05) is 12.1 Å². The number of benzene rings is 1. The summed E-state index contributed by atoms with van der Waals surface area (Å²) < 4.78 is 5.23. The normalized spacial score (nSPS) is 13.8. The Labute approximate surface area is 157 Å². The van der Waals surface area contributed by atoms with E-state index in [4.69, 9.17) is 15.9 Å². The number of halogens is 1. The maximum absolute atomic E-state index is 11.0. The first-order valence-corrected chi connectivity index (χ1v) is 7.68. The third kappa shape index (κ3) is 4.28. The van der Waals surface area contributed by atoms with E-state index in [0.717, 1.165) is 18.5 Å². The van der Waals surface area contributed by atoms with E-state index < -0.39 is 5.91 Å². The molecule has 1 amide bonds. The molecule has 3 rings (SSSR count). The molecule has 1 aromatic heterocycles. The van der Waals surface area contributed by atoms with Gasteiger partial charge in [-0.05, 0) is 48.9 Å². The number of hydrogen-bond donors (Lipinski definition) is 3. The lowest BCUT2D eigenvalue weighted by molar-refractivity contribution is 0.0999. The summed E-state index contributed by atoms with van der Waals surface area (Å²) in [5, 5.41) is 3.16. The predicted octanol–water partition coefficient (Wildman–Crippen LogP) is 2.80. The molecule has 24 heavy (non-hydrogen) atoms. The van der Waals surface area contributed by atoms with Crippen LogP contribution in [0.4, 0.5) is 5.69 Å². The smallest absolute Gasteiger partial charge is 0.251 e. The molecule has 0 unspecified atom stereocenters. The zero-order valence-corrected chi connectivity index (χ0v) is 15.6. The topological polar surface area (TPSA) is 107 Å². The van der Waals surface area contributed by atoms with Crippen LogP contribution in [0.5, 0.6) is 0 Å². The number of rotatable bonds is 4. The fourth-order valence-corrected chi connectivity index (χ4v) is 2.83. The lowest BCUT2D eigenvalue weighted by Gasteiger charge is -2.19. The van der Waals surface area contributed by atoms with Crippen molar-refractivity contribution in [3.63, 3.8) is 0 Å². The van der Waals surface area contributed by atoms with E-state index in [9.17, 15) is 4.79 Å². The largest absolute Gasteiger partial charge is 0.467 e. The molecule has 0 bridgehead atoms. The van der Waals surface area contributed by atoms with Gasteiger partial charge in [0.05, 0.1) is 5.56 Å². The van der Waals surface area contributed by atoms with E-state index in [1.165, 1.54) is 30.2 Å². The highest BCUT2D eigenvalue weighted by Gasteiger charge is 2.13. The van der Waals surface area contributed by atoms with Gasteiger partial charge in [-0.3, -0.25) is 4.79 Å². The fraction of sp³-hybridized carbons (Fsp3) is 0.294. The van der Waals surface area contributed by atoms with Gasteiger partial charge in [0, 0.05) is 5.69 Å². The van der Waals surface area contributed by atoms with Crippen molar-refractivity contribution in [1.29, 1.82) is 0 Å². The van der Waals surface area contributed by atoms with Crippen molar-refractivity contribution < 1.29 is 9.21 Å². The quantitative estimate of drug-likeness (QED) is 0.386. The minimum Gasteiger partial charge on any atom is -0.467 e. The molecule has 1 aromatic carbocycles. The summed E-state index contributed by atoms with van der Waals surface area (Å²) in [4.78, 5) is 15.3. The molecule has 1 aliphatic rings. The second-order valence-electron chi connectivity index (χ2n) is 5.64. The average molecular weight is 440 g/mol. The number of anilines is 1. The Balaban J connectivity index is 0.00000208. The Kier molecular flexibility index (Phi) is 6.24. The van der Waals surface area contributed by atoms with Crippen molar-refractivity contribution in [2.24, 2.45) is 16.5 Å². The molecule has 0 saturated heterocycles.